The number of tetrazole rings is 1. The number of nitrogens with one attached hydrogen (secondary N) is 1. The fraction of sp³-hybridized carbons (Fsp3) is 0.125. The van der Waals surface area contributed by atoms with Crippen LogP contribution in [0.25, 0.3) is 5.69 Å². The Morgan fingerprint density at radius 1 is 1.17 bits per heavy atom. The zero-order valence-corrected chi connectivity index (χ0v) is 14.0. The number of carbonyl (C=O) groups excluding carboxylic acids is 1. The lowest BCUT2D eigenvalue weighted by molar-refractivity contribution is 0.0949. The molecule has 0 atom stereocenters. The lowest BCUT2D eigenvalue weighted by Crippen LogP contribution is -2.25. The monoisotopic (exact) mass is 371 g/mol. The third-order valence-electron chi connectivity index (χ3n) is 3.40. The highest BCUT2D eigenvalue weighted by Crippen LogP contribution is 2.14. The van der Waals surface area contributed by atoms with Crippen LogP contribution in [0.4, 0.5) is 0 Å². The van der Waals surface area contributed by atoms with Gasteiger partial charge in [0.15, 0.2) is 5.82 Å². The zero-order valence-electron chi connectivity index (χ0n) is 12.4. The molecule has 0 saturated carbocycles. The van der Waals surface area contributed by atoms with Crippen molar-refractivity contribution in [1.29, 1.82) is 0 Å². The number of rotatable bonds is 4. The molecule has 0 aliphatic carbocycles. The van der Waals surface area contributed by atoms with E-state index in [9.17, 15) is 4.79 Å². The van der Waals surface area contributed by atoms with Crippen molar-refractivity contribution in [1.82, 2.24) is 25.5 Å². The second-order valence-corrected chi connectivity index (χ2v) is 5.90. The number of aromatic nitrogens is 4. The Morgan fingerprint density at radius 2 is 1.91 bits per heavy atom. The fourth-order valence-electron chi connectivity index (χ4n) is 2.18. The molecule has 1 heterocycles. The molecule has 0 aliphatic rings. The number of amides is 1. The summed E-state index contributed by atoms with van der Waals surface area (Å²) < 4.78 is 2.58. The maximum Gasteiger partial charge on any atom is 0.251 e. The first kappa shape index (κ1) is 15.4. The van der Waals surface area contributed by atoms with Gasteiger partial charge < -0.3 is 5.32 Å². The maximum absolute atomic E-state index is 12.3. The van der Waals surface area contributed by atoms with Crippen molar-refractivity contribution in [2.75, 3.05) is 0 Å². The molecule has 7 heteroatoms. The summed E-state index contributed by atoms with van der Waals surface area (Å²) in [5.41, 5.74) is 2.41. The zero-order chi connectivity index (χ0) is 16.2. The number of hydrogen-bond donors (Lipinski definition) is 1. The predicted octanol–water partition coefficient (Wildman–Crippen LogP) is 2.66. The summed E-state index contributed by atoms with van der Waals surface area (Å²) in [6.45, 7) is 2.15. The first-order valence-corrected chi connectivity index (χ1v) is 7.81. The maximum atomic E-state index is 12.3. The molecule has 23 heavy (non-hydrogen) atoms. The first-order valence-electron chi connectivity index (χ1n) is 7.02. The number of benzene rings is 2. The summed E-state index contributed by atoms with van der Waals surface area (Å²) in [6, 6.07) is 15.1. The van der Waals surface area contributed by atoms with Crippen molar-refractivity contribution in [3.8, 4) is 5.69 Å². The van der Waals surface area contributed by atoms with Gasteiger partial charge in [-0.15, -0.1) is 5.10 Å². The van der Waals surface area contributed by atoms with E-state index in [1.807, 2.05) is 49.4 Å². The summed E-state index contributed by atoms with van der Waals surface area (Å²) in [6.07, 6.45) is 0. The number of carbonyl (C=O) groups is 1. The second kappa shape index (κ2) is 6.70. The molecule has 0 saturated heterocycles. The molecule has 0 aliphatic heterocycles. The van der Waals surface area contributed by atoms with Crippen LogP contribution in [0, 0.1) is 6.92 Å². The molecule has 1 N–H and O–H groups in total. The average molecular weight is 372 g/mol. The van der Waals surface area contributed by atoms with Gasteiger partial charge in [0.1, 0.15) is 0 Å². The molecule has 0 bridgehead atoms. The van der Waals surface area contributed by atoms with Gasteiger partial charge in [-0.05, 0) is 53.2 Å². The topological polar surface area (TPSA) is 72.7 Å². The van der Waals surface area contributed by atoms with Crippen LogP contribution in [0.1, 0.15) is 21.7 Å². The van der Waals surface area contributed by atoms with E-state index in [1.54, 1.807) is 10.7 Å². The van der Waals surface area contributed by atoms with E-state index in [4.69, 9.17) is 0 Å². The van der Waals surface area contributed by atoms with Gasteiger partial charge >= 0.3 is 0 Å². The number of nitrogens with zero attached hydrogens (tertiary/aromatic N) is 4. The van der Waals surface area contributed by atoms with Crippen LogP contribution >= 0.6 is 15.9 Å². The van der Waals surface area contributed by atoms with Crippen molar-refractivity contribution < 1.29 is 4.79 Å². The van der Waals surface area contributed by atoms with Gasteiger partial charge in [0, 0.05) is 10.0 Å². The molecule has 0 spiro atoms. The minimum atomic E-state index is -0.145. The van der Waals surface area contributed by atoms with Gasteiger partial charge in [0.25, 0.3) is 5.91 Å². The van der Waals surface area contributed by atoms with Gasteiger partial charge in [0.2, 0.25) is 0 Å². The normalized spacial score (nSPS) is 10.5. The third kappa shape index (κ3) is 3.45. The van der Waals surface area contributed by atoms with E-state index in [-0.39, 0.29) is 12.5 Å². The molecule has 3 rings (SSSR count). The molecule has 0 fully saturated rings. The Bertz CT molecular complexity index is 828. The molecule has 1 aromatic heterocycles. The Morgan fingerprint density at radius 3 is 2.65 bits per heavy atom. The van der Waals surface area contributed by atoms with Crippen molar-refractivity contribution in [3.05, 3.63) is 70.0 Å². The van der Waals surface area contributed by atoms with Crippen LogP contribution in [-0.2, 0) is 6.54 Å². The summed E-state index contributed by atoms with van der Waals surface area (Å²) in [4.78, 5) is 12.3. The summed E-state index contributed by atoms with van der Waals surface area (Å²) in [5, 5.41) is 14.5. The molecule has 2 aromatic carbocycles. The Balaban J connectivity index is 1.75. The van der Waals surface area contributed by atoms with Gasteiger partial charge in [-0.1, -0.05) is 34.1 Å². The Hall–Kier alpha value is -2.54. The first-order chi connectivity index (χ1) is 11.1. The van der Waals surface area contributed by atoms with Crippen LogP contribution in [0.2, 0.25) is 0 Å². The number of hydrogen-bond acceptors (Lipinski definition) is 4. The second-order valence-electron chi connectivity index (χ2n) is 4.98. The van der Waals surface area contributed by atoms with Crippen LogP contribution in [0.5, 0.6) is 0 Å². The summed E-state index contributed by atoms with van der Waals surface area (Å²) in [5.74, 6) is 0.419. The Kier molecular flexibility index (Phi) is 4.47. The smallest absolute Gasteiger partial charge is 0.251 e. The highest BCUT2D eigenvalue weighted by atomic mass is 79.9. The molecular weight excluding hydrogens is 358 g/mol. The molecule has 116 valence electrons. The van der Waals surface area contributed by atoms with Gasteiger partial charge in [-0.3, -0.25) is 4.79 Å². The molecule has 1 amide bonds. The van der Waals surface area contributed by atoms with Crippen LogP contribution in [0.15, 0.2) is 53.0 Å². The van der Waals surface area contributed by atoms with Gasteiger partial charge in [0.05, 0.1) is 12.2 Å². The number of halogens is 1. The van der Waals surface area contributed by atoms with E-state index in [1.165, 1.54) is 0 Å². The fourth-order valence-corrected chi connectivity index (χ4v) is 2.45. The highest BCUT2D eigenvalue weighted by Gasteiger charge is 2.12. The largest absolute Gasteiger partial charge is 0.345 e. The quantitative estimate of drug-likeness (QED) is 0.764. The van der Waals surface area contributed by atoms with Gasteiger partial charge in [-0.25, -0.2) is 0 Å². The van der Waals surface area contributed by atoms with Crippen LogP contribution in [0.3, 0.4) is 0 Å². The molecular formula is C16H14BrN5O. The molecule has 0 unspecified atom stereocenters. The van der Waals surface area contributed by atoms with E-state index in [2.05, 4.69) is 36.8 Å². The predicted molar refractivity (Wildman–Crippen MR) is 89.2 cm³/mol. The Labute approximate surface area is 141 Å². The van der Waals surface area contributed by atoms with Crippen molar-refractivity contribution >= 4 is 21.8 Å². The minimum absolute atomic E-state index is 0.145. The standard InChI is InChI=1S/C16H14BrN5O/c1-11-4-2-3-5-14(11)16(23)18-10-15-19-20-21-22(15)13-8-6-12(17)7-9-13/h2-9H,10H2,1H3,(H,18,23). The summed E-state index contributed by atoms with van der Waals surface area (Å²) in [7, 11) is 0. The third-order valence-corrected chi connectivity index (χ3v) is 3.93. The SMILES string of the molecule is Cc1ccccc1C(=O)NCc1nnnn1-c1ccc(Br)cc1. The van der Waals surface area contributed by atoms with Crippen molar-refractivity contribution in [2.45, 2.75) is 13.5 Å². The van der Waals surface area contributed by atoms with Crippen molar-refractivity contribution in [3.63, 3.8) is 0 Å². The van der Waals surface area contributed by atoms with E-state index in [0.29, 0.717) is 11.4 Å². The molecule has 6 nitrogen and oxygen atoms in total. The summed E-state index contributed by atoms with van der Waals surface area (Å²) >= 11 is 3.39. The minimum Gasteiger partial charge on any atom is -0.345 e. The van der Waals surface area contributed by atoms with Crippen molar-refractivity contribution in [2.24, 2.45) is 0 Å². The molecule has 0 radical (unpaired) electrons. The number of aryl methyl sites for hydroxylation is 1. The van der Waals surface area contributed by atoms with E-state index >= 15 is 0 Å². The van der Waals surface area contributed by atoms with E-state index in [0.717, 1.165) is 15.7 Å². The van der Waals surface area contributed by atoms with Crippen LogP contribution < -0.4 is 5.32 Å². The van der Waals surface area contributed by atoms with E-state index < -0.39 is 0 Å². The average Bonchev–Trinajstić information content (AvgIpc) is 3.02. The lowest BCUT2D eigenvalue weighted by Gasteiger charge is -2.08. The van der Waals surface area contributed by atoms with Gasteiger partial charge in [-0.2, -0.15) is 4.68 Å². The molecule has 3 aromatic rings. The van der Waals surface area contributed by atoms with Crippen LogP contribution in [-0.4, -0.2) is 26.1 Å². The highest BCUT2D eigenvalue weighted by molar-refractivity contribution is 9.10. The lowest BCUT2D eigenvalue weighted by atomic mass is 10.1.